The van der Waals surface area contributed by atoms with Crippen LogP contribution >= 0.6 is 0 Å². The quantitative estimate of drug-likeness (QED) is 0.461. The molecule has 0 spiro atoms. The standard InChI is InChI=1S/C13H16N6O2/c14-15-13(20)11-7-6-10(21-11)8-19-17-12(16-18-19)9-4-2-1-3-5-9/h1-5,10-11H,6-8,14H2,(H,15,20). The van der Waals surface area contributed by atoms with Crippen molar-refractivity contribution in [1.29, 1.82) is 0 Å². The first-order valence-electron chi connectivity index (χ1n) is 6.75. The van der Waals surface area contributed by atoms with E-state index in [1.165, 1.54) is 4.80 Å². The largest absolute Gasteiger partial charge is 0.363 e. The Bertz CT molecular complexity index is 614. The number of ether oxygens (including phenoxy) is 1. The zero-order valence-electron chi connectivity index (χ0n) is 11.3. The highest BCUT2D eigenvalue weighted by Crippen LogP contribution is 2.21. The number of carbonyl (C=O) groups is 1. The van der Waals surface area contributed by atoms with Crippen molar-refractivity contribution in [2.75, 3.05) is 0 Å². The van der Waals surface area contributed by atoms with Crippen LogP contribution in [0.15, 0.2) is 30.3 Å². The number of hydrogen-bond acceptors (Lipinski definition) is 6. The molecule has 3 N–H and O–H groups in total. The van der Waals surface area contributed by atoms with Crippen LogP contribution in [0.5, 0.6) is 0 Å². The second-order valence-corrected chi connectivity index (χ2v) is 4.87. The number of tetrazole rings is 1. The van der Waals surface area contributed by atoms with E-state index in [0.29, 0.717) is 18.8 Å². The third-order valence-electron chi connectivity index (χ3n) is 3.39. The third kappa shape index (κ3) is 3.06. The molecule has 2 heterocycles. The molecule has 1 aromatic heterocycles. The molecular weight excluding hydrogens is 272 g/mol. The number of nitrogens with zero attached hydrogens (tertiary/aromatic N) is 4. The number of nitrogens with one attached hydrogen (secondary N) is 1. The average molecular weight is 288 g/mol. The van der Waals surface area contributed by atoms with Gasteiger partial charge in [0.2, 0.25) is 5.82 Å². The molecule has 1 aliphatic rings. The van der Waals surface area contributed by atoms with Crippen LogP contribution in [0.4, 0.5) is 0 Å². The molecule has 1 saturated heterocycles. The number of carbonyl (C=O) groups excluding carboxylic acids is 1. The molecule has 1 amide bonds. The maximum atomic E-state index is 11.4. The first kappa shape index (κ1) is 13.7. The van der Waals surface area contributed by atoms with E-state index in [1.807, 2.05) is 30.3 Å². The molecule has 0 aliphatic carbocycles. The first-order valence-corrected chi connectivity index (χ1v) is 6.75. The van der Waals surface area contributed by atoms with Gasteiger partial charge in [-0.15, -0.1) is 10.2 Å². The fourth-order valence-corrected chi connectivity index (χ4v) is 2.33. The van der Waals surface area contributed by atoms with E-state index in [4.69, 9.17) is 10.6 Å². The van der Waals surface area contributed by atoms with E-state index < -0.39 is 6.10 Å². The molecule has 2 atom stereocenters. The van der Waals surface area contributed by atoms with Crippen molar-refractivity contribution in [2.45, 2.75) is 31.6 Å². The summed E-state index contributed by atoms with van der Waals surface area (Å²) in [5, 5.41) is 12.4. The summed E-state index contributed by atoms with van der Waals surface area (Å²) < 4.78 is 5.61. The van der Waals surface area contributed by atoms with E-state index >= 15 is 0 Å². The molecule has 0 radical (unpaired) electrons. The predicted octanol–water partition coefficient (Wildman–Crippen LogP) is -0.122. The van der Waals surface area contributed by atoms with E-state index in [9.17, 15) is 4.79 Å². The van der Waals surface area contributed by atoms with Gasteiger partial charge < -0.3 is 4.74 Å². The molecule has 8 heteroatoms. The van der Waals surface area contributed by atoms with Crippen molar-refractivity contribution in [3.8, 4) is 11.4 Å². The molecule has 1 fully saturated rings. The Morgan fingerprint density at radius 3 is 2.95 bits per heavy atom. The number of nitrogens with two attached hydrogens (primary N) is 1. The van der Waals surface area contributed by atoms with Gasteiger partial charge in [0.25, 0.3) is 5.91 Å². The Kier molecular flexibility index (Phi) is 3.89. The van der Waals surface area contributed by atoms with Crippen molar-refractivity contribution in [3.05, 3.63) is 30.3 Å². The summed E-state index contributed by atoms with van der Waals surface area (Å²) in [5.74, 6) is 5.37. The highest BCUT2D eigenvalue weighted by Gasteiger charge is 2.30. The van der Waals surface area contributed by atoms with Crippen LogP contribution < -0.4 is 11.3 Å². The molecule has 0 bridgehead atoms. The normalized spacial score (nSPS) is 21.4. The molecule has 21 heavy (non-hydrogen) atoms. The molecule has 1 aromatic carbocycles. The van der Waals surface area contributed by atoms with Gasteiger partial charge in [-0.3, -0.25) is 10.2 Å². The first-order chi connectivity index (χ1) is 10.3. The maximum Gasteiger partial charge on any atom is 0.263 e. The lowest BCUT2D eigenvalue weighted by Gasteiger charge is -2.11. The average Bonchev–Trinajstić information content (AvgIpc) is 3.17. The second kappa shape index (κ2) is 5.98. The van der Waals surface area contributed by atoms with Gasteiger partial charge in [0.15, 0.2) is 0 Å². The minimum atomic E-state index is -0.489. The van der Waals surface area contributed by atoms with E-state index in [0.717, 1.165) is 12.0 Å². The number of hydrogen-bond donors (Lipinski definition) is 2. The van der Waals surface area contributed by atoms with E-state index in [-0.39, 0.29) is 12.0 Å². The topological polar surface area (TPSA) is 108 Å². The van der Waals surface area contributed by atoms with Gasteiger partial charge in [-0.1, -0.05) is 30.3 Å². The van der Waals surface area contributed by atoms with E-state index in [1.54, 1.807) is 0 Å². The van der Waals surface area contributed by atoms with Crippen molar-refractivity contribution in [1.82, 2.24) is 25.6 Å². The Morgan fingerprint density at radius 2 is 2.19 bits per heavy atom. The van der Waals surface area contributed by atoms with Gasteiger partial charge in [0, 0.05) is 5.56 Å². The smallest absolute Gasteiger partial charge is 0.263 e. The molecule has 0 saturated carbocycles. The number of rotatable bonds is 4. The minimum absolute atomic E-state index is 0.106. The van der Waals surface area contributed by atoms with Crippen molar-refractivity contribution < 1.29 is 9.53 Å². The second-order valence-electron chi connectivity index (χ2n) is 4.87. The molecule has 110 valence electrons. The Morgan fingerprint density at radius 1 is 1.38 bits per heavy atom. The van der Waals surface area contributed by atoms with Crippen LogP contribution in [0.25, 0.3) is 11.4 Å². The lowest BCUT2D eigenvalue weighted by molar-refractivity contribution is -0.132. The van der Waals surface area contributed by atoms with Gasteiger partial charge >= 0.3 is 0 Å². The molecule has 2 unspecified atom stereocenters. The van der Waals surface area contributed by atoms with Crippen molar-refractivity contribution in [2.24, 2.45) is 5.84 Å². The number of amides is 1. The Hall–Kier alpha value is -2.32. The highest BCUT2D eigenvalue weighted by molar-refractivity contribution is 5.80. The lowest BCUT2D eigenvalue weighted by Crippen LogP contribution is -2.39. The summed E-state index contributed by atoms with van der Waals surface area (Å²) in [6.07, 6.45) is 0.816. The van der Waals surface area contributed by atoms with Gasteiger partial charge in [-0.05, 0) is 18.1 Å². The number of hydrazine groups is 1. The van der Waals surface area contributed by atoms with E-state index in [2.05, 4.69) is 20.8 Å². The van der Waals surface area contributed by atoms with Crippen LogP contribution in [0.3, 0.4) is 0 Å². The summed E-state index contributed by atoms with van der Waals surface area (Å²) in [6.45, 7) is 0.466. The summed E-state index contributed by atoms with van der Waals surface area (Å²) >= 11 is 0. The molecular formula is C13H16N6O2. The van der Waals surface area contributed by atoms with Crippen LogP contribution in [-0.4, -0.2) is 38.3 Å². The molecule has 3 rings (SSSR count). The summed E-state index contributed by atoms with van der Waals surface area (Å²) in [6, 6.07) is 9.63. The van der Waals surface area contributed by atoms with Crippen LogP contribution in [0.2, 0.25) is 0 Å². The third-order valence-corrected chi connectivity index (χ3v) is 3.39. The van der Waals surface area contributed by atoms with Crippen molar-refractivity contribution >= 4 is 5.91 Å². The zero-order chi connectivity index (χ0) is 14.7. The predicted molar refractivity (Wildman–Crippen MR) is 73.5 cm³/mol. The number of aromatic nitrogens is 4. The van der Waals surface area contributed by atoms with Crippen LogP contribution in [-0.2, 0) is 16.1 Å². The highest BCUT2D eigenvalue weighted by atomic mass is 16.5. The Labute approximate surface area is 121 Å². The van der Waals surface area contributed by atoms with Crippen LogP contribution in [0, 0.1) is 0 Å². The maximum absolute atomic E-state index is 11.4. The van der Waals surface area contributed by atoms with Gasteiger partial charge in [-0.2, -0.15) is 4.80 Å². The minimum Gasteiger partial charge on any atom is -0.363 e. The molecule has 1 aliphatic heterocycles. The fraction of sp³-hybridized carbons (Fsp3) is 0.385. The lowest BCUT2D eigenvalue weighted by atomic mass is 10.2. The van der Waals surface area contributed by atoms with Crippen molar-refractivity contribution in [3.63, 3.8) is 0 Å². The molecule has 2 aromatic rings. The van der Waals surface area contributed by atoms with Gasteiger partial charge in [-0.25, -0.2) is 5.84 Å². The van der Waals surface area contributed by atoms with Gasteiger partial charge in [0.05, 0.1) is 12.6 Å². The summed E-state index contributed by atoms with van der Waals surface area (Å²) in [7, 11) is 0. The summed E-state index contributed by atoms with van der Waals surface area (Å²) in [4.78, 5) is 12.9. The fourth-order valence-electron chi connectivity index (χ4n) is 2.33. The zero-order valence-corrected chi connectivity index (χ0v) is 11.3. The Balaban J connectivity index is 1.62. The van der Waals surface area contributed by atoms with Crippen LogP contribution in [0.1, 0.15) is 12.8 Å². The number of benzene rings is 1. The van der Waals surface area contributed by atoms with Gasteiger partial charge in [0.1, 0.15) is 6.10 Å². The monoisotopic (exact) mass is 288 g/mol. The summed E-state index contributed by atoms with van der Waals surface area (Å²) in [5.41, 5.74) is 3.02. The SMILES string of the molecule is NNC(=O)C1CCC(Cn2nnc(-c3ccccc3)n2)O1. The molecule has 8 nitrogen and oxygen atoms in total.